The average molecular weight is 200 g/mol. The number of ether oxygens (including phenoxy) is 1. The first-order valence-corrected chi connectivity index (χ1v) is 4.77. The van der Waals surface area contributed by atoms with Crippen LogP contribution in [-0.4, -0.2) is 17.4 Å². The number of rotatable bonds is 3. The third-order valence-electron chi connectivity index (χ3n) is 1.89. The molecule has 0 heterocycles. The highest BCUT2D eigenvalue weighted by Gasteiger charge is 2.29. The van der Waals surface area contributed by atoms with Gasteiger partial charge in [-0.3, -0.25) is 9.59 Å². The van der Waals surface area contributed by atoms with Gasteiger partial charge in [0.15, 0.2) is 11.4 Å². The van der Waals surface area contributed by atoms with Crippen molar-refractivity contribution in [3.05, 3.63) is 0 Å². The van der Waals surface area contributed by atoms with Gasteiger partial charge in [-0.2, -0.15) is 0 Å². The van der Waals surface area contributed by atoms with E-state index < -0.39 is 5.60 Å². The Morgan fingerprint density at radius 1 is 1.07 bits per heavy atom. The second-order valence-corrected chi connectivity index (χ2v) is 5.28. The molecule has 0 aliphatic rings. The van der Waals surface area contributed by atoms with Crippen LogP contribution in [0, 0.1) is 5.41 Å². The molecule has 0 radical (unpaired) electrons. The number of hydrogen-bond acceptors (Lipinski definition) is 3. The molecule has 0 aliphatic heterocycles. The van der Waals surface area contributed by atoms with Crippen molar-refractivity contribution in [1.82, 2.24) is 0 Å². The maximum absolute atomic E-state index is 11.4. The lowest BCUT2D eigenvalue weighted by atomic mass is 9.92. The highest BCUT2D eigenvalue weighted by atomic mass is 16.6. The monoisotopic (exact) mass is 200 g/mol. The molecule has 0 aromatic heterocycles. The molecule has 3 heteroatoms. The van der Waals surface area contributed by atoms with Crippen LogP contribution in [0.1, 0.15) is 48.0 Å². The zero-order chi connectivity index (χ0) is 11.6. The summed E-state index contributed by atoms with van der Waals surface area (Å²) in [5, 5.41) is 0. The van der Waals surface area contributed by atoms with E-state index in [0.717, 1.165) is 0 Å². The SMILES string of the molecule is CC(=O)C(C)(C)OC(=O)CC(C)(C)C. The molecule has 0 amide bonds. The maximum atomic E-state index is 11.4. The van der Waals surface area contributed by atoms with Crippen molar-refractivity contribution in [2.75, 3.05) is 0 Å². The number of ketones is 1. The molecule has 0 fully saturated rings. The molecule has 0 atom stereocenters. The lowest BCUT2D eigenvalue weighted by Gasteiger charge is -2.24. The van der Waals surface area contributed by atoms with Crippen molar-refractivity contribution >= 4 is 11.8 Å². The molecule has 0 aliphatic carbocycles. The number of carbonyl (C=O) groups excluding carboxylic acids is 2. The van der Waals surface area contributed by atoms with E-state index in [1.807, 2.05) is 20.8 Å². The minimum absolute atomic E-state index is 0.107. The van der Waals surface area contributed by atoms with Gasteiger partial charge in [0.1, 0.15) is 0 Å². The Morgan fingerprint density at radius 3 is 1.79 bits per heavy atom. The molecular weight excluding hydrogens is 180 g/mol. The van der Waals surface area contributed by atoms with Crippen molar-refractivity contribution in [2.24, 2.45) is 5.41 Å². The van der Waals surface area contributed by atoms with Crippen LogP contribution >= 0.6 is 0 Å². The van der Waals surface area contributed by atoms with Crippen LogP contribution in [0.4, 0.5) is 0 Å². The van der Waals surface area contributed by atoms with Gasteiger partial charge in [-0.05, 0) is 26.2 Å². The zero-order valence-electron chi connectivity index (χ0n) is 9.93. The average Bonchev–Trinajstić information content (AvgIpc) is 1.79. The Bertz CT molecular complexity index is 233. The standard InChI is InChI=1S/C11H20O3/c1-8(12)11(5,6)14-9(13)7-10(2,3)4/h7H2,1-6H3. The van der Waals surface area contributed by atoms with Crippen LogP contribution in [0.2, 0.25) is 0 Å². The van der Waals surface area contributed by atoms with E-state index in [-0.39, 0.29) is 17.2 Å². The molecule has 0 N–H and O–H groups in total. The summed E-state index contributed by atoms with van der Waals surface area (Å²) in [6, 6.07) is 0. The van der Waals surface area contributed by atoms with Crippen LogP contribution in [-0.2, 0) is 14.3 Å². The van der Waals surface area contributed by atoms with E-state index in [4.69, 9.17) is 4.74 Å². The lowest BCUT2D eigenvalue weighted by molar-refractivity contribution is -0.164. The predicted octanol–water partition coefficient (Wildman–Crippen LogP) is 2.33. The quantitative estimate of drug-likeness (QED) is 0.657. The van der Waals surface area contributed by atoms with Crippen molar-refractivity contribution in [3.8, 4) is 0 Å². The summed E-state index contributed by atoms with van der Waals surface area (Å²) in [6.07, 6.45) is 0.323. The van der Waals surface area contributed by atoms with E-state index >= 15 is 0 Å². The van der Waals surface area contributed by atoms with E-state index in [1.165, 1.54) is 6.92 Å². The molecule has 14 heavy (non-hydrogen) atoms. The Morgan fingerprint density at radius 2 is 1.50 bits per heavy atom. The molecule has 82 valence electrons. The van der Waals surface area contributed by atoms with Gasteiger partial charge < -0.3 is 4.74 Å². The third kappa shape index (κ3) is 5.00. The van der Waals surface area contributed by atoms with Crippen LogP contribution in [0.5, 0.6) is 0 Å². The summed E-state index contributed by atoms with van der Waals surface area (Å²) in [5.74, 6) is -0.461. The molecule has 0 rings (SSSR count). The normalized spacial score (nSPS) is 12.4. The molecule has 0 unspecified atom stereocenters. The largest absolute Gasteiger partial charge is 0.452 e. The first kappa shape index (κ1) is 13.1. The Labute approximate surface area is 85.8 Å². The Hall–Kier alpha value is -0.860. The first-order chi connectivity index (χ1) is 6.04. The van der Waals surface area contributed by atoms with Gasteiger partial charge in [0, 0.05) is 0 Å². The minimum atomic E-state index is -0.998. The third-order valence-corrected chi connectivity index (χ3v) is 1.89. The molecule has 0 saturated heterocycles. The van der Waals surface area contributed by atoms with Crippen molar-refractivity contribution < 1.29 is 14.3 Å². The molecule has 0 saturated carbocycles. The fraction of sp³-hybridized carbons (Fsp3) is 0.818. The molecule has 0 bridgehead atoms. The van der Waals surface area contributed by atoms with E-state index in [0.29, 0.717) is 6.42 Å². The van der Waals surface area contributed by atoms with Gasteiger partial charge >= 0.3 is 5.97 Å². The summed E-state index contributed by atoms with van der Waals surface area (Å²) >= 11 is 0. The maximum Gasteiger partial charge on any atom is 0.307 e. The van der Waals surface area contributed by atoms with Gasteiger partial charge in [-0.1, -0.05) is 20.8 Å². The highest BCUT2D eigenvalue weighted by molar-refractivity contribution is 5.86. The van der Waals surface area contributed by atoms with Crippen LogP contribution in [0.25, 0.3) is 0 Å². The second-order valence-electron chi connectivity index (χ2n) is 5.28. The number of Topliss-reactive ketones (excluding diaryl/α,β-unsaturated/α-hetero) is 1. The number of carbonyl (C=O) groups is 2. The van der Waals surface area contributed by atoms with Gasteiger partial charge in [0.2, 0.25) is 0 Å². The van der Waals surface area contributed by atoms with Crippen LogP contribution < -0.4 is 0 Å². The summed E-state index contributed by atoms with van der Waals surface area (Å²) in [4.78, 5) is 22.5. The lowest BCUT2D eigenvalue weighted by Crippen LogP contribution is -2.36. The highest BCUT2D eigenvalue weighted by Crippen LogP contribution is 2.21. The summed E-state index contributed by atoms with van der Waals surface area (Å²) < 4.78 is 5.09. The van der Waals surface area contributed by atoms with E-state index in [2.05, 4.69) is 0 Å². The topological polar surface area (TPSA) is 43.4 Å². The smallest absolute Gasteiger partial charge is 0.307 e. The van der Waals surface area contributed by atoms with Crippen LogP contribution in [0.15, 0.2) is 0 Å². The molecule has 0 spiro atoms. The Balaban J connectivity index is 4.27. The van der Waals surface area contributed by atoms with E-state index in [9.17, 15) is 9.59 Å². The van der Waals surface area contributed by atoms with Gasteiger partial charge in [-0.15, -0.1) is 0 Å². The minimum Gasteiger partial charge on any atom is -0.452 e. The Kier molecular flexibility index (Phi) is 3.86. The molecule has 3 nitrogen and oxygen atoms in total. The summed E-state index contributed by atoms with van der Waals surface area (Å²) in [6.45, 7) is 10.5. The van der Waals surface area contributed by atoms with Crippen molar-refractivity contribution in [3.63, 3.8) is 0 Å². The second kappa shape index (κ2) is 4.11. The summed E-state index contributed by atoms with van der Waals surface area (Å²) in [5.41, 5.74) is -1.10. The molecule has 0 aromatic rings. The van der Waals surface area contributed by atoms with Gasteiger partial charge in [0.25, 0.3) is 0 Å². The zero-order valence-corrected chi connectivity index (χ0v) is 9.93. The first-order valence-electron chi connectivity index (χ1n) is 4.77. The fourth-order valence-electron chi connectivity index (χ4n) is 0.826. The number of esters is 1. The number of hydrogen-bond donors (Lipinski definition) is 0. The molecular formula is C11H20O3. The van der Waals surface area contributed by atoms with Crippen molar-refractivity contribution in [2.45, 2.75) is 53.6 Å². The predicted molar refractivity (Wildman–Crippen MR) is 54.9 cm³/mol. The van der Waals surface area contributed by atoms with Crippen molar-refractivity contribution in [1.29, 1.82) is 0 Å². The van der Waals surface area contributed by atoms with Crippen LogP contribution in [0.3, 0.4) is 0 Å². The van der Waals surface area contributed by atoms with Gasteiger partial charge in [0.05, 0.1) is 6.42 Å². The van der Waals surface area contributed by atoms with Gasteiger partial charge in [-0.25, -0.2) is 0 Å². The fourth-order valence-corrected chi connectivity index (χ4v) is 0.826. The molecule has 0 aromatic carbocycles. The van der Waals surface area contributed by atoms with E-state index in [1.54, 1.807) is 13.8 Å². The summed E-state index contributed by atoms with van der Waals surface area (Å²) in [7, 11) is 0.